The van der Waals surface area contributed by atoms with Gasteiger partial charge in [0, 0.05) is 31.0 Å². The van der Waals surface area contributed by atoms with E-state index in [1.807, 2.05) is 20.0 Å². The third-order valence-electron chi connectivity index (χ3n) is 3.02. The summed E-state index contributed by atoms with van der Waals surface area (Å²) in [5.41, 5.74) is 8.81. The van der Waals surface area contributed by atoms with Gasteiger partial charge in [-0.25, -0.2) is 4.79 Å². The molecule has 0 spiro atoms. The number of nitrogen functional groups attached to an aromatic ring is 1. The summed E-state index contributed by atoms with van der Waals surface area (Å²) >= 11 is 0. The predicted molar refractivity (Wildman–Crippen MR) is 72.8 cm³/mol. The number of aromatic nitrogens is 2. The molecule has 0 saturated heterocycles. The maximum atomic E-state index is 11.8. The number of aryl methyl sites for hydroxylation is 2. The van der Waals surface area contributed by atoms with E-state index in [0.29, 0.717) is 24.3 Å². The highest BCUT2D eigenvalue weighted by Gasteiger charge is 2.08. The molecule has 1 heterocycles. The van der Waals surface area contributed by atoms with Crippen molar-refractivity contribution in [3.8, 4) is 0 Å². The number of nitrogens with two attached hydrogens (primary N) is 1. The van der Waals surface area contributed by atoms with Crippen LogP contribution in [0.25, 0.3) is 0 Å². The molecule has 1 aromatic carbocycles. The van der Waals surface area contributed by atoms with E-state index in [1.54, 1.807) is 29.1 Å². The Morgan fingerprint density at radius 2 is 2.21 bits per heavy atom. The predicted octanol–water partition coefficient (Wildman–Crippen LogP) is 1.71. The molecule has 0 amide bonds. The van der Waals surface area contributed by atoms with Crippen molar-refractivity contribution in [3.63, 3.8) is 0 Å². The van der Waals surface area contributed by atoms with Gasteiger partial charge in [-0.05, 0) is 36.8 Å². The molecule has 0 radical (unpaired) electrons. The van der Waals surface area contributed by atoms with E-state index in [0.717, 1.165) is 11.3 Å². The Bertz CT molecular complexity index is 590. The van der Waals surface area contributed by atoms with Crippen LogP contribution in [0.3, 0.4) is 0 Å². The first-order chi connectivity index (χ1) is 9.08. The van der Waals surface area contributed by atoms with Crippen LogP contribution < -0.4 is 5.73 Å². The first-order valence-electron chi connectivity index (χ1n) is 6.08. The molecule has 2 N–H and O–H groups in total. The number of hydrogen-bond donors (Lipinski definition) is 1. The van der Waals surface area contributed by atoms with Gasteiger partial charge >= 0.3 is 5.97 Å². The summed E-state index contributed by atoms with van der Waals surface area (Å²) in [4.78, 5) is 11.8. The Labute approximate surface area is 112 Å². The van der Waals surface area contributed by atoms with Crippen molar-refractivity contribution in [1.29, 1.82) is 0 Å². The van der Waals surface area contributed by atoms with Gasteiger partial charge in [-0.3, -0.25) is 4.68 Å². The van der Waals surface area contributed by atoms with E-state index in [9.17, 15) is 4.79 Å². The van der Waals surface area contributed by atoms with Crippen LogP contribution in [0.4, 0.5) is 5.69 Å². The number of hydrogen-bond acceptors (Lipinski definition) is 4. The van der Waals surface area contributed by atoms with Crippen LogP contribution in [0.1, 0.15) is 21.6 Å². The van der Waals surface area contributed by atoms with E-state index < -0.39 is 0 Å². The number of rotatable bonds is 4. The minimum Gasteiger partial charge on any atom is -0.462 e. The van der Waals surface area contributed by atoms with Crippen molar-refractivity contribution in [1.82, 2.24) is 9.78 Å². The number of anilines is 1. The number of benzene rings is 1. The lowest BCUT2D eigenvalue weighted by Gasteiger charge is -2.07. The molecule has 0 unspecified atom stereocenters. The van der Waals surface area contributed by atoms with Gasteiger partial charge in [-0.2, -0.15) is 5.10 Å². The highest BCUT2D eigenvalue weighted by Crippen LogP contribution is 2.13. The Morgan fingerprint density at radius 1 is 1.42 bits per heavy atom. The molecule has 2 aromatic rings. The van der Waals surface area contributed by atoms with E-state index in [2.05, 4.69) is 5.10 Å². The maximum Gasteiger partial charge on any atom is 0.338 e. The van der Waals surface area contributed by atoms with Gasteiger partial charge in [0.25, 0.3) is 0 Å². The number of esters is 1. The molecule has 0 bridgehead atoms. The minimum absolute atomic E-state index is 0.328. The van der Waals surface area contributed by atoms with Crippen LogP contribution in [0.2, 0.25) is 0 Å². The Balaban J connectivity index is 1.91. The van der Waals surface area contributed by atoms with Gasteiger partial charge in [0.1, 0.15) is 0 Å². The summed E-state index contributed by atoms with van der Waals surface area (Å²) < 4.78 is 7.00. The fraction of sp³-hybridized carbons (Fsp3) is 0.286. The van der Waals surface area contributed by atoms with Crippen molar-refractivity contribution in [2.24, 2.45) is 7.05 Å². The molecule has 0 saturated carbocycles. The van der Waals surface area contributed by atoms with Gasteiger partial charge in [0.15, 0.2) is 0 Å². The first kappa shape index (κ1) is 13.1. The maximum absolute atomic E-state index is 11.8. The topological polar surface area (TPSA) is 70.1 Å². The number of carbonyl (C=O) groups is 1. The zero-order valence-corrected chi connectivity index (χ0v) is 11.1. The molecule has 5 nitrogen and oxygen atoms in total. The molecule has 1 aromatic heterocycles. The monoisotopic (exact) mass is 259 g/mol. The van der Waals surface area contributed by atoms with Crippen molar-refractivity contribution in [2.75, 3.05) is 12.3 Å². The molecular weight excluding hydrogens is 242 g/mol. The van der Waals surface area contributed by atoms with Gasteiger partial charge in [-0.15, -0.1) is 0 Å². The van der Waals surface area contributed by atoms with Gasteiger partial charge in [0.05, 0.1) is 12.2 Å². The normalized spacial score (nSPS) is 10.4. The largest absolute Gasteiger partial charge is 0.462 e. The Hall–Kier alpha value is -2.30. The fourth-order valence-electron chi connectivity index (χ4n) is 1.78. The molecule has 0 fully saturated rings. The first-order valence-corrected chi connectivity index (χ1v) is 6.08. The van der Waals surface area contributed by atoms with Gasteiger partial charge < -0.3 is 10.5 Å². The minimum atomic E-state index is -0.328. The Morgan fingerprint density at radius 3 is 2.84 bits per heavy atom. The smallest absolute Gasteiger partial charge is 0.338 e. The van der Waals surface area contributed by atoms with Crippen molar-refractivity contribution in [2.45, 2.75) is 13.3 Å². The molecular formula is C14H17N3O2. The SMILES string of the molecule is Cc1cc(C(=O)OCCc2ccnn2C)ccc1N. The lowest BCUT2D eigenvalue weighted by atomic mass is 10.1. The second kappa shape index (κ2) is 5.56. The van der Waals surface area contributed by atoms with Crippen LogP contribution >= 0.6 is 0 Å². The van der Waals surface area contributed by atoms with Crippen molar-refractivity contribution >= 4 is 11.7 Å². The Kier molecular flexibility index (Phi) is 3.85. The van der Waals surface area contributed by atoms with Crippen molar-refractivity contribution in [3.05, 3.63) is 47.3 Å². The summed E-state index contributed by atoms with van der Waals surface area (Å²) in [7, 11) is 1.86. The number of ether oxygens (including phenoxy) is 1. The van der Waals surface area contributed by atoms with Gasteiger partial charge in [0.2, 0.25) is 0 Å². The summed E-state index contributed by atoms with van der Waals surface area (Å²) in [5.74, 6) is -0.328. The van der Waals surface area contributed by atoms with E-state index in [-0.39, 0.29) is 5.97 Å². The second-order valence-electron chi connectivity index (χ2n) is 4.40. The lowest BCUT2D eigenvalue weighted by molar-refractivity contribution is 0.0507. The van der Waals surface area contributed by atoms with Crippen LogP contribution in [0.5, 0.6) is 0 Å². The van der Waals surface area contributed by atoms with Crippen LogP contribution in [-0.4, -0.2) is 22.4 Å². The van der Waals surface area contributed by atoms with Gasteiger partial charge in [-0.1, -0.05) is 0 Å². The van der Waals surface area contributed by atoms with E-state index in [4.69, 9.17) is 10.5 Å². The molecule has 0 aliphatic heterocycles. The molecule has 100 valence electrons. The fourth-order valence-corrected chi connectivity index (χ4v) is 1.78. The molecule has 0 atom stereocenters. The number of nitrogens with zero attached hydrogens (tertiary/aromatic N) is 2. The summed E-state index contributed by atoms with van der Waals surface area (Å²) in [5, 5.41) is 4.06. The summed E-state index contributed by atoms with van der Waals surface area (Å²) in [6.45, 7) is 2.20. The average Bonchev–Trinajstić information content (AvgIpc) is 2.78. The third-order valence-corrected chi connectivity index (χ3v) is 3.02. The summed E-state index contributed by atoms with van der Waals surface area (Å²) in [6.07, 6.45) is 2.37. The zero-order chi connectivity index (χ0) is 13.8. The van der Waals surface area contributed by atoms with Crippen LogP contribution in [0, 0.1) is 6.92 Å². The third kappa shape index (κ3) is 3.13. The lowest BCUT2D eigenvalue weighted by Crippen LogP contribution is -2.10. The summed E-state index contributed by atoms with van der Waals surface area (Å²) in [6, 6.07) is 7.03. The molecule has 0 aliphatic rings. The highest BCUT2D eigenvalue weighted by molar-refractivity contribution is 5.90. The standard InChI is InChI=1S/C14H17N3O2/c1-10-9-11(3-4-13(10)15)14(18)19-8-6-12-5-7-16-17(12)2/h3-5,7,9H,6,8,15H2,1-2H3. The zero-order valence-electron chi connectivity index (χ0n) is 11.1. The van der Waals surface area contributed by atoms with Crippen molar-refractivity contribution < 1.29 is 9.53 Å². The second-order valence-corrected chi connectivity index (χ2v) is 4.40. The molecule has 19 heavy (non-hydrogen) atoms. The number of carbonyl (C=O) groups excluding carboxylic acids is 1. The van der Waals surface area contributed by atoms with Crippen LogP contribution in [-0.2, 0) is 18.2 Å². The molecule has 2 rings (SSSR count). The molecule has 0 aliphatic carbocycles. The highest BCUT2D eigenvalue weighted by atomic mass is 16.5. The van der Waals surface area contributed by atoms with Crippen LogP contribution in [0.15, 0.2) is 30.5 Å². The average molecular weight is 259 g/mol. The quantitative estimate of drug-likeness (QED) is 0.670. The molecule has 5 heteroatoms. The van der Waals surface area contributed by atoms with E-state index >= 15 is 0 Å². The van der Waals surface area contributed by atoms with E-state index in [1.165, 1.54) is 0 Å².